The van der Waals surface area contributed by atoms with Crippen molar-refractivity contribution in [2.24, 2.45) is 0 Å². The molecule has 1 N–H and O–H groups in total. The highest BCUT2D eigenvalue weighted by Gasteiger charge is 2.22. The van der Waals surface area contributed by atoms with Gasteiger partial charge in [0.15, 0.2) is 0 Å². The Kier molecular flexibility index (Phi) is 4.96. The molecule has 0 aliphatic carbocycles. The van der Waals surface area contributed by atoms with E-state index in [1.807, 2.05) is 51.1 Å². The second-order valence-corrected chi connectivity index (χ2v) is 7.90. The number of fused-ring (bicyclic) bond motifs is 1. The summed E-state index contributed by atoms with van der Waals surface area (Å²) in [5.41, 5.74) is 2.04. The summed E-state index contributed by atoms with van der Waals surface area (Å²) >= 11 is 3.42. The quantitative estimate of drug-likeness (QED) is 0.711. The zero-order chi connectivity index (χ0) is 18.9. The Morgan fingerprint density at radius 3 is 2.62 bits per heavy atom. The molecule has 0 radical (unpaired) electrons. The van der Waals surface area contributed by atoms with Gasteiger partial charge in [-0.25, -0.2) is 4.98 Å². The van der Waals surface area contributed by atoms with E-state index in [2.05, 4.69) is 26.2 Å². The highest BCUT2D eigenvalue weighted by atomic mass is 79.9. The molecule has 0 saturated carbocycles. The summed E-state index contributed by atoms with van der Waals surface area (Å²) in [7, 11) is 0. The lowest BCUT2D eigenvalue weighted by Crippen LogP contribution is -2.39. The van der Waals surface area contributed by atoms with Crippen molar-refractivity contribution < 1.29 is 4.79 Å². The molecule has 0 fully saturated rings. The summed E-state index contributed by atoms with van der Waals surface area (Å²) < 4.78 is 2.40. The Morgan fingerprint density at radius 1 is 1.23 bits per heavy atom. The second-order valence-electron chi connectivity index (χ2n) is 6.98. The highest BCUT2D eigenvalue weighted by molar-refractivity contribution is 9.10. The number of hydrogen-bond acceptors (Lipinski definition) is 3. The van der Waals surface area contributed by atoms with Gasteiger partial charge in [-0.05, 0) is 42.3 Å². The topological polar surface area (TPSA) is 63.5 Å². The van der Waals surface area contributed by atoms with Crippen LogP contribution in [-0.2, 0) is 5.41 Å². The minimum absolute atomic E-state index is 0.0398. The average Bonchev–Trinajstić information content (AvgIpc) is 2.60. The molecule has 0 aliphatic rings. The summed E-state index contributed by atoms with van der Waals surface area (Å²) in [6.45, 7) is 6.43. The van der Waals surface area contributed by atoms with Crippen molar-refractivity contribution in [3.05, 3.63) is 80.3 Å². The molecule has 0 atom stereocenters. The lowest BCUT2D eigenvalue weighted by atomic mass is 9.84. The van der Waals surface area contributed by atoms with Crippen molar-refractivity contribution in [3.8, 4) is 0 Å². The third-order valence-corrected chi connectivity index (χ3v) is 4.96. The lowest BCUT2D eigenvalue weighted by molar-refractivity contribution is 0.0943. The van der Waals surface area contributed by atoms with E-state index >= 15 is 0 Å². The largest absolute Gasteiger partial charge is 0.351 e. The third-order valence-electron chi connectivity index (χ3n) is 4.43. The normalized spacial score (nSPS) is 11.5. The van der Waals surface area contributed by atoms with Crippen molar-refractivity contribution in [2.75, 3.05) is 6.54 Å². The van der Waals surface area contributed by atoms with Gasteiger partial charge in [0.1, 0.15) is 11.2 Å². The average molecular weight is 414 g/mol. The fourth-order valence-electron chi connectivity index (χ4n) is 2.73. The van der Waals surface area contributed by atoms with Crippen molar-refractivity contribution in [1.82, 2.24) is 14.7 Å². The number of nitrogens with zero attached hydrogens (tertiary/aromatic N) is 2. The zero-order valence-electron chi connectivity index (χ0n) is 14.9. The van der Waals surface area contributed by atoms with Crippen LogP contribution < -0.4 is 10.9 Å². The van der Waals surface area contributed by atoms with E-state index in [1.165, 1.54) is 10.6 Å². The van der Waals surface area contributed by atoms with Gasteiger partial charge in [-0.1, -0.05) is 41.9 Å². The molecule has 26 heavy (non-hydrogen) atoms. The number of hydrogen-bond donors (Lipinski definition) is 1. The number of pyridine rings is 1. The molecule has 1 aromatic carbocycles. The lowest BCUT2D eigenvalue weighted by Gasteiger charge is -2.25. The van der Waals surface area contributed by atoms with E-state index in [9.17, 15) is 9.59 Å². The number of rotatable bonds is 4. The molecule has 2 aromatic heterocycles. The van der Waals surface area contributed by atoms with Crippen LogP contribution in [0, 0.1) is 6.92 Å². The molecule has 0 saturated heterocycles. The number of aromatic nitrogens is 2. The number of carbonyl (C=O) groups excluding carboxylic acids is 1. The second kappa shape index (κ2) is 7.03. The van der Waals surface area contributed by atoms with Gasteiger partial charge in [0.2, 0.25) is 0 Å². The number of aryl methyl sites for hydroxylation is 1. The highest BCUT2D eigenvalue weighted by Crippen LogP contribution is 2.24. The number of nitrogens with one attached hydrogen (secondary N) is 1. The molecule has 3 rings (SSSR count). The maximum Gasteiger partial charge on any atom is 0.270 e. The van der Waals surface area contributed by atoms with Crippen LogP contribution in [0.3, 0.4) is 0 Å². The van der Waals surface area contributed by atoms with Crippen molar-refractivity contribution in [3.63, 3.8) is 0 Å². The standard InChI is InChI=1S/C20H20BrN3O2/c1-13-8-9-24-17(10-13)22-11-16(19(24)26)18(25)23-12-20(2,3)14-4-6-15(21)7-5-14/h4-11H,12H2,1-3H3,(H,23,25). The summed E-state index contributed by atoms with van der Waals surface area (Å²) in [4.78, 5) is 29.3. The monoisotopic (exact) mass is 413 g/mol. The first-order valence-corrected chi connectivity index (χ1v) is 9.09. The minimum atomic E-state index is -0.414. The van der Waals surface area contributed by atoms with Crippen LogP contribution in [0.15, 0.2) is 58.1 Å². The molecule has 5 nitrogen and oxygen atoms in total. The molecule has 0 bridgehead atoms. The van der Waals surface area contributed by atoms with Gasteiger partial charge in [-0.2, -0.15) is 0 Å². The smallest absolute Gasteiger partial charge is 0.270 e. The van der Waals surface area contributed by atoms with Crippen LogP contribution in [-0.4, -0.2) is 21.8 Å². The van der Waals surface area contributed by atoms with E-state index in [-0.39, 0.29) is 16.5 Å². The molecule has 0 unspecified atom stereocenters. The van der Waals surface area contributed by atoms with Crippen LogP contribution >= 0.6 is 15.9 Å². The number of carbonyl (C=O) groups is 1. The summed E-state index contributed by atoms with van der Waals surface area (Å²) in [6.07, 6.45) is 2.99. The first kappa shape index (κ1) is 18.3. The van der Waals surface area contributed by atoms with Crippen LogP contribution in [0.25, 0.3) is 5.65 Å². The molecule has 0 aliphatic heterocycles. The van der Waals surface area contributed by atoms with E-state index in [0.29, 0.717) is 12.2 Å². The van der Waals surface area contributed by atoms with E-state index in [4.69, 9.17) is 0 Å². The van der Waals surface area contributed by atoms with E-state index in [1.54, 1.807) is 12.3 Å². The van der Waals surface area contributed by atoms with Crippen LogP contribution in [0.2, 0.25) is 0 Å². The van der Waals surface area contributed by atoms with Crippen LogP contribution in [0.5, 0.6) is 0 Å². The summed E-state index contributed by atoms with van der Waals surface area (Å²) in [5.74, 6) is -0.414. The molecule has 134 valence electrons. The maximum atomic E-state index is 12.6. The van der Waals surface area contributed by atoms with Gasteiger partial charge >= 0.3 is 0 Å². The van der Waals surface area contributed by atoms with Crippen LogP contribution in [0.4, 0.5) is 0 Å². The Bertz CT molecular complexity index is 1020. The predicted molar refractivity (Wildman–Crippen MR) is 106 cm³/mol. The van der Waals surface area contributed by atoms with Gasteiger partial charge < -0.3 is 5.32 Å². The summed E-state index contributed by atoms with van der Waals surface area (Å²) in [6, 6.07) is 11.6. The van der Waals surface area contributed by atoms with E-state index in [0.717, 1.165) is 15.6 Å². The Morgan fingerprint density at radius 2 is 1.92 bits per heavy atom. The van der Waals surface area contributed by atoms with Crippen molar-refractivity contribution in [2.45, 2.75) is 26.2 Å². The fourth-order valence-corrected chi connectivity index (χ4v) is 3.00. The Balaban J connectivity index is 1.81. The third kappa shape index (κ3) is 3.70. The predicted octanol–water partition coefficient (Wildman–Crippen LogP) is 3.47. The minimum Gasteiger partial charge on any atom is -0.351 e. The van der Waals surface area contributed by atoms with Gasteiger partial charge in [0.25, 0.3) is 11.5 Å². The molecule has 1 amide bonds. The SMILES string of the molecule is Cc1ccn2c(=O)c(C(=O)NCC(C)(C)c3ccc(Br)cc3)cnc2c1. The van der Waals surface area contributed by atoms with E-state index < -0.39 is 5.91 Å². The Labute approximate surface area is 160 Å². The van der Waals surface area contributed by atoms with Gasteiger partial charge in [-0.3, -0.25) is 14.0 Å². The first-order valence-electron chi connectivity index (χ1n) is 8.30. The maximum absolute atomic E-state index is 12.6. The molecule has 6 heteroatoms. The number of halogens is 1. The first-order chi connectivity index (χ1) is 12.3. The Hall–Kier alpha value is -2.47. The molecule has 3 aromatic rings. The molecular weight excluding hydrogens is 394 g/mol. The molecule has 2 heterocycles. The molecule has 0 spiro atoms. The van der Waals surface area contributed by atoms with Crippen molar-refractivity contribution >= 4 is 27.5 Å². The van der Waals surface area contributed by atoms with Crippen molar-refractivity contribution in [1.29, 1.82) is 0 Å². The van der Waals surface area contributed by atoms with Crippen LogP contribution in [0.1, 0.15) is 35.3 Å². The zero-order valence-corrected chi connectivity index (χ0v) is 16.5. The summed E-state index contributed by atoms with van der Waals surface area (Å²) in [5, 5.41) is 2.87. The number of amides is 1. The molecular formula is C20H20BrN3O2. The van der Waals surface area contributed by atoms with Gasteiger partial charge in [0.05, 0.1) is 0 Å². The fraction of sp³-hybridized carbons (Fsp3) is 0.250. The number of benzene rings is 1. The van der Waals surface area contributed by atoms with Gasteiger partial charge in [0, 0.05) is 28.8 Å². The van der Waals surface area contributed by atoms with Gasteiger partial charge in [-0.15, -0.1) is 0 Å².